The molecule has 4 nitrogen and oxygen atoms in total. The minimum atomic E-state index is -2.77. The third-order valence-electron chi connectivity index (χ3n) is 3.44. The SMILES string of the molecule is CC(C)OC1(C(=O)N2CC(OC(F)F)C2)CCC1. The molecule has 0 radical (unpaired) electrons. The van der Waals surface area contributed by atoms with Gasteiger partial charge in [-0.15, -0.1) is 0 Å². The summed E-state index contributed by atoms with van der Waals surface area (Å²) in [7, 11) is 0. The number of halogens is 2. The molecule has 1 saturated carbocycles. The maximum absolute atomic E-state index is 12.3. The fraction of sp³-hybridized carbons (Fsp3) is 0.917. The Balaban J connectivity index is 1.85. The van der Waals surface area contributed by atoms with Crippen LogP contribution in [0.1, 0.15) is 33.1 Å². The second kappa shape index (κ2) is 5.09. The van der Waals surface area contributed by atoms with Gasteiger partial charge in [0.2, 0.25) is 0 Å². The van der Waals surface area contributed by atoms with Crippen molar-refractivity contribution in [1.82, 2.24) is 4.90 Å². The highest BCUT2D eigenvalue weighted by Gasteiger charge is 2.50. The van der Waals surface area contributed by atoms with Crippen LogP contribution in [0.3, 0.4) is 0 Å². The van der Waals surface area contributed by atoms with Crippen LogP contribution in [-0.2, 0) is 14.3 Å². The standard InChI is InChI=1S/C12H19F2NO3/c1-8(2)18-12(4-3-5-12)10(16)15-6-9(7-15)17-11(13)14/h8-9,11H,3-7H2,1-2H3. The van der Waals surface area contributed by atoms with Gasteiger partial charge < -0.3 is 14.4 Å². The van der Waals surface area contributed by atoms with E-state index < -0.39 is 18.3 Å². The molecule has 2 aliphatic rings. The molecule has 1 amide bonds. The first-order valence-corrected chi connectivity index (χ1v) is 6.34. The minimum Gasteiger partial charge on any atom is -0.362 e. The number of hydrogen-bond donors (Lipinski definition) is 0. The molecule has 0 spiro atoms. The largest absolute Gasteiger partial charge is 0.362 e. The zero-order valence-corrected chi connectivity index (χ0v) is 10.7. The lowest BCUT2D eigenvalue weighted by Gasteiger charge is -2.48. The second-order valence-electron chi connectivity index (χ2n) is 5.24. The van der Waals surface area contributed by atoms with Crippen LogP contribution in [0.2, 0.25) is 0 Å². The minimum absolute atomic E-state index is 0.0105. The van der Waals surface area contributed by atoms with Gasteiger partial charge in [0.1, 0.15) is 5.60 Å². The summed E-state index contributed by atoms with van der Waals surface area (Å²) >= 11 is 0. The molecule has 6 heteroatoms. The molecule has 1 aliphatic heterocycles. The number of carbonyl (C=O) groups is 1. The topological polar surface area (TPSA) is 38.8 Å². The number of ether oxygens (including phenoxy) is 2. The number of carbonyl (C=O) groups excluding carboxylic acids is 1. The van der Waals surface area contributed by atoms with Gasteiger partial charge in [-0.05, 0) is 33.1 Å². The Morgan fingerprint density at radius 2 is 1.94 bits per heavy atom. The van der Waals surface area contributed by atoms with E-state index in [0.29, 0.717) is 0 Å². The Morgan fingerprint density at radius 3 is 2.33 bits per heavy atom. The van der Waals surface area contributed by atoms with E-state index in [1.54, 1.807) is 4.90 Å². The van der Waals surface area contributed by atoms with Crippen molar-refractivity contribution in [3.05, 3.63) is 0 Å². The maximum atomic E-state index is 12.3. The number of likely N-dealkylation sites (tertiary alicyclic amines) is 1. The normalized spacial score (nSPS) is 23.1. The number of alkyl halides is 2. The van der Waals surface area contributed by atoms with Crippen LogP contribution >= 0.6 is 0 Å². The van der Waals surface area contributed by atoms with E-state index in [-0.39, 0.29) is 25.1 Å². The first-order chi connectivity index (χ1) is 8.43. The van der Waals surface area contributed by atoms with E-state index >= 15 is 0 Å². The number of hydrogen-bond acceptors (Lipinski definition) is 3. The van der Waals surface area contributed by atoms with Gasteiger partial charge in [0.25, 0.3) is 5.91 Å². The molecule has 0 aromatic heterocycles. The van der Waals surface area contributed by atoms with Crippen molar-refractivity contribution in [2.45, 2.75) is 57.5 Å². The summed E-state index contributed by atoms with van der Waals surface area (Å²) in [5, 5.41) is 0. The molecule has 0 aromatic rings. The first kappa shape index (κ1) is 13.7. The fourth-order valence-corrected chi connectivity index (χ4v) is 2.45. The highest BCUT2D eigenvalue weighted by Crippen LogP contribution is 2.39. The third kappa shape index (κ3) is 2.64. The van der Waals surface area contributed by atoms with Crippen LogP contribution in [0, 0.1) is 0 Å². The fourth-order valence-electron chi connectivity index (χ4n) is 2.45. The number of rotatable bonds is 5. The molecule has 1 aliphatic carbocycles. The predicted octanol–water partition coefficient (Wildman–Crippen LogP) is 1.78. The highest BCUT2D eigenvalue weighted by atomic mass is 19.3. The zero-order valence-electron chi connectivity index (χ0n) is 10.7. The van der Waals surface area contributed by atoms with Gasteiger partial charge in [-0.25, -0.2) is 0 Å². The summed E-state index contributed by atoms with van der Waals surface area (Å²) in [5.74, 6) is -0.0726. The van der Waals surface area contributed by atoms with Crippen molar-refractivity contribution in [2.24, 2.45) is 0 Å². The van der Waals surface area contributed by atoms with E-state index in [4.69, 9.17) is 4.74 Å². The van der Waals surface area contributed by atoms with Crippen molar-refractivity contribution in [3.8, 4) is 0 Å². The van der Waals surface area contributed by atoms with Crippen LogP contribution in [0.25, 0.3) is 0 Å². The van der Waals surface area contributed by atoms with Gasteiger partial charge in [0, 0.05) is 13.1 Å². The summed E-state index contributed by atoms with van der Waals surface area (Å²) in [5.41, 5.74) is -0.704. The Bertz CT molecular complexity index is 312. The lowest BCUT2D eigenvalue weighted by atomic mass is 9.78. The van der Waals surface area contributed by atoms with Gasteiger partial charge in [-0.3, -0.25) is 4.79 Å². The van der Waals surface area contributed by atoms with Crippen LogP contribution in [0.5, 0.6) is 0 Å². The van der Waals surface area contributed by atoms with Crippen molar-refractivity contribution in [3.63, 3.8) is 0 Å². The first-order valence-electron chi connectivity index (χ1n) is 6.34. The maximum Gasteiger partial charge on any atom is 0.345 e. The average Bonchev–Trinajstić information content (AvgIpc) is 2.15. The second-order valence-corrected chi connectivity index (χ2v) is 5.24. The van der Waals surface area contributed by atoms with Crippen LogP contribution in [0.4, 0.5) is 8.78 Å². The molecule has 0 unspecified atom stereocenters. The summed E-state index contributed by atoms with van der Waals surface area (Å²) in [6.07, 6.45) is 1.87. The van der Waals surface area contributed by atoms with E-state index in [1.807, 2.05) is 13.8 Å². The smallest absolute Gasteiger partial charge is 0.345 e. The molecule has 2 fully saturated rings. The Morgan fingerprint density at radius 1 is 1.33 bits per heavy atom. The Kier molecular flexibility index (Phi) is 3.87. The molecule has 2 rings (SSSR count). The highest BCUT2D eigenvalue weighted by molar-refractivity contribution is 5.87. The molecule has 1 heterocycles. The number of nitrogens with zero attached hydrogens (tertiary/aromatic N) is 1. The van der Waals surface area contributed by atoms with Crippen LogP contribution in [0.15, 0.2) is 0 Å². The van der Waals surface area contributed by atoms with Crippen LogP contribution < -0.4 is 0 Å². The molecular weight excluding hydrogens is 244 g/mol. The van der Waals surface area contributed by atoms with E-state index in [9.17, 15) is 13.6 Å². The van der Waals surface area contributed by atoms with E-state index in [2.05, 4.69) is 4.74 Å². The van der Waals surface area contributed by atoms with E-state index in [0.717, 1.165) is 19.3 Å². The Hall–Kier alpha value is -0.750. The Labute approximate surface area is 105 Å². The molecule has 0 N–H and O–H groups in total. The molecule has 104 valence electrons. The van der Waals surface area contributed by atoms with Crippen LogP contribution in [-0.4, -0.2) is 48.3 Å². The third-order valence-corrected chi connectivity index (χ3v) is 3.44. The molecule has 0 bridgehead atoms. The lowest BCUT2D eigenvalue weighted by molar-refractivity contribution is -0.214. The summed E-state index contributed by atoms with van der Waals surface area (Å²) < 4.78 is 34.0. The van der Waals surface area contributed by atoms with Gasteiger partial charge in [-0.2, -0.15) is 8.78 Å². The van der Waals surface area contributed by atoms with E-state index in [1.165, 1.54) is 0 Å². The van der Waals surface area contributed by atoms with Gasteiger partial charge >= 0.3 is 6.61 Å². The summed E-state index contributed by atoms with van der Waals surface area (Å²) in [6, 6.07) is 0. The van der Waals surface area contributed by atoms with Crippen molar-refractivity contribution < 1.29 is 23.0 Å². The quantitative estimate of drug-likeness (QED) is 0.759. The molecular formula is C12H19F2NO3. The predicted molar refractivity (Wildman–Crippen MR) is 60.3 cm³/mol. The molecule has 0 atom stereocenters. The van der Waals surface area contributed by atoms with Gasteiger partial charge in [0.15, 0.2) is 0 Å². The van der Waals surface area contributed by atoms with Gasteiger partial charge in [0.05, 0.1) is 12.2 Å². The van der Waals surface area contributed by atoms with Crippen molar-refractivity contribution in [1.29, 1.82) is 0 Å². The zero-order chi connectivity index (χ0) is 13.3. The number of amides is 1. The summed E-state index contributed by atoms with van der Waals surface area (Å²) in [6.45, 7) is 1.51. The monoisotopic (exact) mass is 263 g/mol. The molecule has 1 saturated heterocycles. The summed E-state index contributed by atoms with van der Waals surface area (Å²) in [4.78, 5) is 13.8. The average molecular weight is 263 g/mol. The van der Waals surface area contributed by atoms with Crippen molar-refractivity contribution >= 4 is 5.91 Å². The molecule has 18 heavy (non-hydrogen) atoms. The van der Waals surface area contributed by atoms with Crippen molar-refractivity contribution in [2.75, 3.05) is 13.1 Å². The molecule has 0 aromatic carbocycles. The lowest BCUT2D eigenvalue weighted by Crippen LogP contribution is -2.64. The van der Waals surface area contributed by atoms with Gasteiger partial charge in [-0.1, -0.05) is 0 Å².